The number of aryl methyl sites for hydroxylation is 3. The molecule has 0 aliphatic carbocycles. The first-order valence-corrected chi connectivity index (χ1v) is 4.43. The van der Waals surface area contributed by atoms with Gasteiger partial charge in [0, 0.05) is 5.56 Å². The second kappa shape index (κ2) is 3.60. The minimum absolute atomic E-state index is 0.947. The Hall–Kier alpha value is -1.31. The van der Waals surface area contributed by atoms with Gasteiger partial charge < -0.3 is 0 Å². The van der Waals surface area contributed by atoms with Crippen LogP contribution in [0.2, 0.25) is 0 Å². The highest BCUT2D eigenvalue weighted by Crippen LogP contribution is 2.12. The Bertz CT molecular complexity index is 340. The lowest BCUT2D eigenvalue weighted by molar-refractivity contribution is -0.371. The molecule has 0 saturated carbocycles. The molecule has 1 heterocycles. The van der Waals surface area contributed by atoms with E-state index in [1.165, 1.54) is 16.8 Å². The molecule has 1 aromatic rings. The van der Waals surface area contributed by atoms with Crippen molar-refractivity contribution in [1.82, 2.24) is 0 Å². The van der Waals surface area contributed by atoms with Gasteiger partial charge in [-0.25, -0.2) is 10.3 Å². The van der Waals surface area contributed by atoms with Crippen molar-refractivity contribution in [2.75, 3.05) is 5.32 Å². The smallest absolute Gasteiger partial charge is 0.245 e. The van der Waals surface area contributed by atoms with Crippen LogP contribution in [0.3, 0.4) is 0 Å². The molecule has 0 aliphatic rings. The number of aromatic nitrogens is 1. The summed E-state index contributed by atoms with van der Waals surface area (Å²) in [6.07, 6.45) is 0. The molecule has 2 nitrogen and oxygen atoms in total. The molecule has 1 rings (SSSR count). The number of pyridine rings is 1. The second-order valence-corrected chi connectivity index (χ2v) is 3.54. The van der Waals surface area contributed by atoms with E-state index >= 15 is 0 Å². The predicted molar refractivity (Wildman–Crippen MR) is 55.6 cm³/mol. The maximum Gasteiger partial charge on any atom is 0.280 e. The number of H-pyrrole nitrogens is 1. The number of aromatic amines is 1. The lowest BCUT2D eigenvalue weighted by Crippen LogP contribution is -2.17. The molecule has 0 spiro atoms. The summed E-state index contributed by atoms with van der Waals surface area (Å²) in [4.78, 5) is 3.30. The average molecular weight is 177 g/mol. The Labute approximate surface area is 79.7 Å². The standard InChI is InChI=1S/C11H16N2/c1-7(2)12-11-9(4)6-8(3)10(5)13-11/h6H,1H2,2-5H3,(H,12,13)/p+1. The third kappa shape index (κ3) is 2.31. The first-order chi connectivity index (χ1) is 6.00. The van der Waals surface area contributed by atoms with Crippen LogP contribution in [0, 0.1) is 20.8 Å². The highest BCUT2D eigenvalue weighted by Gasteiger charge is 2.08. The molecule has 0 fully saturated rings. The highest BCUT2D eigenvalue weighted by atomic mass is 15.0. The fourth-order valence-electron chi connectivity index (χ4n) is 1.23. The first kappa shape index (κ1) is 9.78. The van der Waals surface area contributed by atoms with Crippen molar-refractivity contribution in [3.8, 4) is 0 Å². The summed E-state index contributed by atoms with van der Waals surface area (Å²) in [6.45, 7) is 12.0. The molecule has 70 valence electrons. The zero-order valence-electron chi connectivity index (χ0n) is 8.78. The SMILES string of the molecule is C=C(C)Nc1[nH+]c(C)c(C)cc1C. The van der Waals surface area contributed by atoms with Crippen molar-refractivity contribution in [3.05, 3.63) is 35.2 Å². The van der Waals surface area contributed by atoms with Crippen LogP contribution in [0.1, 0.15) is 23.7 Å². The lowest BCUT2D eigenvalue weighted by atomic mass is 10.1. The van der Waals surface area contributed by atoms with E-state index in [4.69, 9.17) is 0 Å². The normalized spacial score (nSPS) is 9.85. The number of hydrogen-bond donors (Lipinski definition) is 1. The topological polar surface area (TPSA) is 26.2 Å². The van der Waals surface area contributed by atoms with E-state index < -0.39 is 0 Å². The molecule has 2 N–H and O–H groups in total. The summed E-state index contributed by atoms with van der Waals surface area (Å²) in [7, 11) is 0. The van der Waals surface area contributed by atoms with Gasteiger partial charge in [0.25, 0.3) is 5.82 Å². The molecule has 13 heavy (non-hydrogen) atoms. The predicted octanol–water partition coefficient (Wildman–Crippen LogP) is 2.37. The molecule has 0 aromatic carbocycles. The zero-order chi connectivity index (χ0) is 10.0. The van der Waals surface area contributed by atoms with Gasteiger partial charge in [-0.1, -0.05) is 6.58 Å². The summed E-state index contributed by atoms with van der Waals surface area (Å²) in [6, 6.07) is 2.16. The molecule has 0 amide bonds. The summed E-state index contributed by atoms with van der Waals surface area (Å²) in [5, 5.41) is 3.19. The van der Waals surface area contributed by atoms with Crippen LogP contribution in [0.4, 0.5) is 5.82 Å². The van der Waals surface area contributed by atoms with E-state index in [1.807, 2.05) is 6.92 Å². The van der Waals surface area contributed by atoms with Crippen LogP contribution >= 0.6 is 0 Å². The quantitative estimate of drug-likeness (QED) is 0.737. The van der Waals surface area contributed by atoms with Gasteiger partial charge in [-0.15, -0.1) is 0 Å². The van der Waals surface area contributed by atoms with Crippen LogP contribution in [0.5, 0.6) is 0 Å². The molecule has 0 aliphatic heterocycles. The molecular weight excluding hydrogens is 160 g/mol. The molecule has 0 unspecified atom stereocenters. The third-order valence-electron chi connectivity index (χ3n) is 2.07. The molecule has 0 radical (unpaired) electrons. The molecule has 1 aromatic heterocycles. The fourth-order valence-corrected chi connectivity index (χ4v) is 1.23. The maximum absolute atomic E-state index is 3.81. The number of hydrogen-bond acceptors (Lipinski definition) is 1. The van der Waals surface area contributed by atoms with Crippen LogP contribution in [0.15, 0.2) is 18.3 Å². The van der Waals surface area contributed by atoms with Gasteiger partial charge in [0.05, 0.1) is 5.70 Å². The average Bonchev–Trinajstić information content (AvgIpc) is 1.99. The number of allylic oxidation sites excluding steroid dienone is 1. The van der Waals surface area contributed by atoms with Gasteiger partial charge in [-0.2, -0.15) is 0 Å². The summed E-state index contributed by atoms with van der Waals surface area (Å²) >= 11 is 0. The highest BCUT2D eigenvalue weighted by molar-refractivity contribution is 5.44. The minimum atomic E-state index is 0.947. The Morgan fingerprint density at radius 2 is 1.92 bits per heavy atom. The van der Waals surface area contributed by atoms with Crippen molar-refractivity contribution in [3.63, 3.8) is 0 Å². The molecule has 2 heteroatoms. The van der Waals surface area contributed by atoms with Crippen LogP contribution in [-0.2, 0) is 0 Å². The summed E-state index contributed by atoms with van der Waals surface area (Å²) in [5.41, 5.74) is 4.63. The van der Waals surface area contributed by atoms with Crippen molar-refractivity contribution in [2.24, 2.45) is 0 Å². The number of nitrogens with one attached hydrogen (secondary N) is 2. The zero-order valence-corrected chi connectivity index (χ0v) is 8.78. The van der Waals surface area contributed by atoms with Crippen LogP contribution < -0.4 is 10.3 Å². The second-order valence-electron chi connectivity index (χ2n) is 3.54. The molecular formula is C11H17N2+. The minimum Gasteiger partial charge on any atom is -0.245 e. The van der Waals surface area contributed by atoms with Gasteiger partial charge in [0.15, 0.2) is 0 Å². The lowest BCUT2D eigenvalue weighted by Gasteiger charge is -2.04. The van der Waals surface area contributed by atoms with Gasteiger partial charge >= 0.3 is 0 Å². The van der Waals surface area contributed by atoms with Gasteiger partial charge in [0.1, 0.15) is 5.69 Å². The molecule has 0 atom stereocenters. The van der Waals surface area contributed by atoms with Gasteiger partial charge in [-0.3, -0.25) is 0 Å². The monoisotopic (exact) mass is 177 g/mol. The Morgan fingerprint density at radius 1 is 1.31 bits per heavy atom. The van der Waals surface area contributed by atoms with Crippen molar-refractivity contribution in [2.45, 2.75) is 27.7 Å². The first-order valence-electron chi connectivity index (χ1n) is 4.43. The third-order valence-corrected chi connectivity index (χ3v) is 2.07. The summed E-state index contributed by atoms with van der Waals surface area (Å²) < 4.78 is 0. The van der Waals surface area contributed by atoms with Crippen molar-refractivity contribution >= 4 is 5.82 Å². The van der Waals surface area contributed by atoms with Gasteiger partial charge in [-0.05, 0) is 39.3 Å². The van der Waals surface area contributed by atoms with E-state index in [2.05, 4.69) is 43.7 Å². The fraction of sp³-hybridized carbons (Fsp3) is 0.364. The largest absolute Gasteiger partial charge is 0.280 e. The number of anilines is 1. The van der Waals surface area contributed by atoms with Crippen LogP contribution in [-0.4, -0.2) is 0 Å². The van der Waals surface area contributed by atoms with Crippen LogP contribution in [0.25, 0.3) is 0 Å². The van der Waals surface area contributed by atoms with Gasteiger partial charge in [0.2, 0.25) is 0 Å². The maximum atomic E-state index is 3.81. The Morgan fingerprint density at radius 3 is 2.46 bits per heavy atom. The molecule has 0 bridgehead atoms. The van der Waals surface area contributed by atoms with Crippen molar-refractivity contribution in [1.29, 1.82) is 0 Å². The number of rotatable bonds is 2. The Kier molecular flexibility index (Phi) is 2.71. The van der Waals surface area contributed by atoms with Crippen molar-refractivity contribution < 1.29 is 4.98 Å². The molecule has 0 saturated heterocycles. The Balaban J connectivity index is 3.08. The van der Waals surface area contributed by atoms with E-state index in [0.717, 1.165) is 11.5 Å². The summed E-state index contributed by atoms with van der Waals surface area (Å²) in [5.74, 6) is 1.04. The van der Waals surface area contributed by atoms with E-state index in [9.17, 15) is 0 Å². The van der Waals surface area contributed by atoms with E-state index in [1.54, 1.807) is 0 Å². The van der Waals surface area contributed by atoms with E-state index in [-0.39, 0.29) is 0 Å². The van der Waals surface area contributed by atoms with E-state index in [0.29, 0.717) is 0 Å².